The third-order valence-electron chi connectivity index (χ3n) is 4.87. The lowest BCUT2D eigenvalue weighted by Gasteiger charge is -2.34. The molecule has 2 atom stereocenters. The molecule has 0 unspecified atom stereocenters. The fourth-order valence-corrected chi connectivity index (χ4v) is 3.46. The van der Waals surface area contributed by atoms with Crippen molar-refractivity contribution in [2.75, 3.05) is 26.2 Å². The number of amides is 2. The van der Waals surface area contributed by atoms with Crippen LogP contribution in [-0.4, -0.2) is 48.9 Å². The molecule has 1 aliphatic carbocycles. The normalized spacial score (nSPS) is 34.3. The molecule has 1 spiro atoms. The lowest BCUT2D eigenvalue weighted by molar-refractivity contribution is -0.144. The van der Waals surface area contributed by atoms with Crippen molar-refractivity contribution in [3.8, 4) is 0 Å². The van der Waals surface area contributed by atoms with Crippen molar-refractivity contribution in [1.82, 2.24) is 15.5 Å². The van der Waals surface area contributed by atoms with Gasteiger partial charge in [0.25, 0.3) is 0 Å². The average Bonchev–Trinajstić information content (AvgIpc) is 3.06. The number of carbonyl (C=O) groups is 2. The van der Waals surface area contributed by atoms with Crippen LogP contribution in [0.2, 0.25) is 0 Å². The highest BCUT2D eigenvalue weighted by molar-refractivity contribution is 5.90. The van der Waals surface area contributed by atoms with Crippen LogP contribution in [0.5, 0.6) is 0 Å². The zero-order valence-electron chi connectivity index (χ0n) is 10.9. The molecule has 3 fully saturated rings. The first-order valence-electron chi connectivity index (χ1n) is 6.93. The van der Waals surface area contributed by atoms with E-state index in [4.69, 9.17) is 0 Å². The van der Waals surface area contributed by atoms with Crippen LogP contribution in [0.25, 0.3) is 0 Å². The molecule has 5 nitrogen and oxygen atoms in total. The zero-order chi connectivity index (χ0) is 12.8. The summed E-state index contributed by atoms with van der Waals surface area (Å²) in [5.41, 5.74) is 0.260. The molecule has 0 aromatic heterocycles. The van der Waals surface area contributed by atoms with Gasteiger partial charge in [-0.3, -0.25) is 9.59 Å². The summed E-state index contributed by atoms with van der Waals surface area (Å²) >= 11 is 0. The molecule has 2 saturated heterocycles. The number of rotatable bonds is 1. The van der Waals surface area contributed by atoms with E-state index in [1.165, 1.54) is 0 Å². The van der Waals surface area contributed by atoms with E-state index in [9.17, 15) is 9.59 Å². The third-order valence-corrected chi connectivity index (χ3v) is 4.87. The van der Waals surface area contributed by atoms with Crippen LogP contribution in [0.4, 0.5) is 0 Å². The Bertz CT molecular complexity index is 376. The first-order chi connectivity index (χ1) is 8.64. The molecule has 5 heteroatoms. The Morgan fingerprint density at radius 2 is 2.06 bits per heavy atom. The van der Waals surface area contributed by atoms with E-state index in [0.29, 0.717) is 13.1 Å². The maximum Gasteiger partial charge on any atom is 0.242 e. The summed E-state index contributed by atoms with van der Waals surface area (Å²) in [5.74, 6) is 0.363. The Balaban J connectivity index is 1.67. The van der Waals surface area contributed by atoms with Gasteiger partial charge < -0.3 is 15.5 Å². The number of carbonyl (C=O) groups excluding carboxylic acids is 2. The van der Waals surface area contributed by atoms with E-state index in [1.54, 1.807) is 4.90 Å². The predicted molar refractivity (Wildman–Crippen MR) is 66.8 cm³/mol. The van der Waals surface area contributed by atoms with Crippen LogP contribution >= 0.6 is 0 Å². The number of nitrogens with zero attached hydrogens (tertiary/aromatic N) is 1. The summed E-state index contributed by atoms with van der Waals surface area (Å²) in [6, 6.07) is -0.300. The van der Waals surface area contributed by atoms with Gasteiger partial charge in [-0.05, 0) is 44.7 Å². The van der Waals surface area contributed by atoms with Crippen molar-refractivity contribution in [1.29, 1.82) is 0 Å². The first-order valence-corrected chi connectivity index (χ1v) is 6.93. The van der Waals surface area contributed by atoms with Crippen LogP contribution in [0.1, 0.15) is 26.2 Å². The molecule has 100 valence electrons. The molecule has 1 saturated carbocycles. The van der Waals surface area contributed by atoms with Gasteiger partial charge in [0, 0.05) is 19.0 Å². The van der Waals surface area contributed by atoms with Crippen molar-refractivity contribution < 1.29 is 9.59 Å². The molecule has 0 aromatic carbocycles. The first kappa shape index (κ1) is 12.0. The second kappa shape index (κ2) is 4.23. The Hall–Kier alpha value is -1.10. The predicted octanol–water partition coefficient (Wildman–Crippen LogP) is -0.277. The van der Waals surface area contributed by atoms with E-state index in [2.05, 4.69) is 10.6 Å². The lowest BCUT2D eigenvalue weighted by atomic mass is 9.91. The number of hydrogen-bond acceptors (Lipinski definition) is 3. The highest BCUT2D eigenvalue weighted by Gasteiger charge is 2.59. The van der Waals surface area contributed by atoms with Crippen LogP contribution < -0.4 is 10.6 Å². The topological polar surface area (TPSA) is 61.4 Å². The molecule has 2 N–H and O–H groups in total. The summed E-state index contributed by atoms with van der Waals surface area (Å²) in [6.07, 6.45) is 3.24. The maximum atomic E-state index is 12.5. The van der Waals surface area contributed by atoms with Crippen LogP contribution in [0, 0.1) is 11.3 Å². The van der Waals surface area contributed by atoms with Gasteiger partial charge in [-0.25, -0.2) is 0 Å². The lowest BCUT2D eigenvalue weighted by Crippen LogP contribution is -2.56. The molecule has 2 heterocycles. The van der Waals surface area contributed by atoms with Gasteiger partial charge in [-0.1, -0.05) is 0 Å². The number of piperidine rings is 1. The molecular weight excluding hydrogens is 230 g/mol. The van der Waals surface area contributed by atoms with Gasteiger partial charge in [0.2, 0.25) is 11.8 Å². The van der Waals surface area contributed by atoms with Crippen molar-refractivity contribution in [2.24, 2.45) is 11.3 Å². The van der Waals surface area contributed by atoms with Gasteiger partial charge >= 0.3 is 0 Å². The van der Waals surface area contributed by atoms with Gasteiger partial charge in [0.15, 0.2) is 0 Å². The Kier molecular flexibility index (Phi) is 2.81. The number of piperazine rings is 1. The van der Waals surface area contributed by atoms with Gasteiger partial charge in [0.1, 0.15) is 6.04 Å². The van der Waals surface area contributed by atoms with Crippen LogP contribution in [0.15, 0.2) is 0 Å². The fraction of sp³-hybridized carbons (Fsp3) is 0.846. The summed E-state index contributed by atoms with van der Waals surface area (Å²) in [7, 11) is 0. The van der Waals surface area contributed by atoms with E-state index >= 15 is 0 Å². The van der Waals surface area contributed by atoms with Gasteiger partial charge in [0.05, 0.1) is 0 Å². The highest BCUT2D eigenvalue weighted by atomic mass is 16.2. The molecule has 2 amide bonds. The minimum atomic E-state index is -0.300. The van der Waals surface area contributed by atoms with Gasteiger partial charge in [-0.15, -0.1) is 0 Å². The summed E-state index contributed by atoms with van der Waals surface area (Å²) in [6.45, 7) is 5.14. The van der Waals surface area contributed by atoms with E-state index in [0.717, 1.165) is 32.4 Å². The Morgan fingerprint density at radius 3 is 2.78 bits per heavy atom. The zero-order valence-corrected chi connectivity index (χ0v) is 10.9. The third kappa shape index (κ3) is 1.81. The van der Waals surface area contributed by atoms with Gasteiger partial charge in [-0.2, -0.15) is 0 Å². The summed E-state index contributed by atoms with van der Waals surface area (Å²) < 4.78 is 0. The van der Waals surface area contributed by atoms with Crippen molar-refractivity contribution >= 4 is 11.8 Å². The monoisotopic (exact) mass is 251 g/mol. The second-order valence-electron chi connectivity index (χ2n) is 5.87. The van der Waals surface area contributed by atoms with E-state index in [-0.39, 0.29) is 29.2 Å². The Morgan fingerprint density at radius 1 is 1.33 bits per heavy atom. The Labute approximate surface area is 107 Å². The molecule has 2 aliphatic heterocycles. The summed E-state index contributed by atoms with van der Waals surface area (Å²) in [4.78, 5) is 25.9. The fourth-order valence-electron chi connectivity index (χ4n) is 3.46. The highest BCUT2D eigenvalue weighted by Crippen LogP contribution is 2.59. The van der Waals surface area contributed by atoms with E-state index < -0.39 is 0 Å². The minimum absolute atomic E-state index is 0.0189. The molecule has 3 rings (SSSR count). The molecule has 18 heavy (non-hydrogen) atoms. The standard InChI is InChI=1S/C13H21N3O2/c1-9-11(17)15-6-7-16(9)12(18)10-8-13(10)2-4-14-5-3-13/h9-10,14H,2-8H2,1H3,(H,15,17)/t9-,10+/m0/s1. The second-order valence-corrected chi connectivity index (χ2v) is 5.87. The average molecular weight is 251 g/mol. The van der Waals surface area contributed by atoms with E-state index in [1.807, 2.05) is 6.92 Å². The number of hydrogen-bond donors (Lipinski definition) is 2. The quantitative estimate of drug-likeness (QED) is 0.674. The molecule has 0 bridgehead atoms. The summed E-state index contributed by atoms with van der Waals surface area (Å²) in [5, 5.41) is 6.15. The van der Waals surface area contributed by atoms with Crippen LogP contribution in [0.3, 0.4) is 0 Å². The molecular formula is C13H21N3O2. The maximum absolute atomic E-state index is 12.5. The molecule has 3 aliphatic rings. The van der Waals surface area contributed by atoms with Crippen LogP contribution in [-0.2, 0) is 9.59 Å². The largest absolute Gasteiger partial charge is 0.353 e. The van der Waals surface area contributed by atoms with Crippen molar-refractivity contribution in [3.05, 3.63) is 0 Å². The van der Waals surface area contributed by atoms with Crippen molar-refractivity contribution in [2.45, 2.75) is 32.2 Å². The number of nitrogens with one attached hydrogen (secondary N) is 2. The molecule has 0 radical (unpaired) electrons. The minimum Gasteiger partial charge on any atom is -0.353 e. The molecule has 0 aromatic rings. The van der Waals surface area contributed by atoms with Crippen molar-refractivity contribution in [3.63, 3.8) is 0 Å². The smallest absolute Gasteiger partial charge is 0.242 e. The SMILES string of the molecule is C[C@H]1C(=O)NCCN1C(=O)[C@H]1CC12CCNCC2.